The second-order valence-corrected chi connectivity index (χ2v) is 4.39. The second kappa shape index (κ2) is 6.06. The summed E-state index contributed by atoms with van der Waals surface area (Å²) in [7, 11) is 0. The van der Waals surface area contributed by atoms with Crippen molar-refractivity contribution in [3.05, 3.63) is 17.8 Å². The van der Waals surface area contributed by atoms with Crippen LogP contribution in [0.5, 0.6) is 0 Å². The smallest absolute Gasteiger partial charge is 0.186 e. The molecule has 1 saturated heterocycles. The van der Waals surface area contributed by atoms with Crippen LogP contribution in [0, 0.1) is 12.7 Å². The number of likely N-dealkylation sites (N-methyl/N-ethyl adjacent to an activating group) is 1. The van der Waals surface area contributed by atoms with Crippen molar-refractivity contribution in [2.24, 2.45) is 0 Å². The summed E-state index contributed by atoms with van der Waals surface area (Å²) >= 11 is 0. The van der Waals surface area contributed by atoms with Crippen molar-refractivity contribution in [1.82, 2.24) is 14.9 Å². The molecule has 1 fully saturated rings. The van der Waals surface area contributed by atoms with E-state index < -0.39 is 0 Å². The van der Waals surface area contributed by atoms with Gasteiger partial charge >= 0.3 is 0 Å². The zero-order valence-electron chi connectivity index (χ0n) is 10.8. The molecular weight excluding hydrogens is 235 g/mol. The molecule has 18 heavy (non-hydrogen) atoms. The number of aryl methyl sites for hydroxylation is 1. The van der Waals surface area contributed by atoms with Crippen molar-refractivity contribution in [2.75, 3.05) is 38.1 Å². The normalized spacial score (nSPS) is 20.9. The molecule has 6 heteroatoms. The Kier molecular flexibility index (Phi) is 4.43. The quantitative estimate of drug-likeness (QED) is 0.870. The lowest BCUT2D eigenvalue weighted by Crippen LogP contribution is -2.45. The molecule has 0 amide bonds. The van der Waals surface area contributed by atoms with Gasteiger partial charge < -0.3 is 10.1 Å². The number of halogens is 1. The molecule has 1 atom stereocenters. The minimum atomic E-state index is -0.388. The average Bonchev–Trinajstić information content (AvgIpc) is 2.41. The maximum atomic E-state index is 13.7. The number of ether oxygens (including phenoxy) is 1. The first-order valence-electron chi connectivity index (χ1n) is 6.25. The summed E-state index contributed by atoms with van der Waals surface area (Å²) in [5.41, 5.74) is 0.354. The summed E-state index contributed by atoms with van der Waals surface area (Å²) in [5, 5.41) is 2.99. The van der Waals surface area contributed by atoms with Gasteiger partial charge in [0.25, 0.3) is 0 Å². The third-order valence-corrected chi connectivity index (χ3v) is 3.13. The van der Waals surface area contributed by atoms with E-state index in [-0.39, 0.29) is 17.7 Å². The number of nitrogens with zero attached hydrogens (tertiary/aromatic N) is 3. The number of rotatable bonds is 4. The van der Waals surface area contributed by atoms with Gasteiger partial charge in [0.15, 0.2) is 11.6 Å². The van der Waals surface area contributed by atoms with Crippen LogP contribution in [0.4, 0.5) is 10.2 Å². The molecule has 100 valence electrons. The third kappa shape index (κ3) is 3.14. The fourth-order valence-corrected chi connectivity index (χ4v) is 1.98. The van der Waals surface area contributed by atoms with Gasteiger partial charge in [-0.3, -0.25) is 4.90 Å². The fourth-order valence-electron chi connectivity index (χ4n) is 1.98. The number of anilines is 1. The Labute approximate surface area is 106 Å². The van der Waals surface area contributed by atoms with Gasteiger partial charge in [-0.15, -0.1) is 0 Å². The maximum absolute atomic E-state index is 13.7. The maximum Gasteiger partial charge on any atom is 0.186 e. The van der Waals surface area contributed by atoms with Gasteiger partial charge in [-0.2, -0.15) is 0 Å². The molecule has 1 aliphatic rings. The van der Waals surface area contributed by atoms with Crippen LogP contribution in [-0.4, -0.2) is 53.8 Å². The van der Waals surface area contributed by atoms with Gasteiger partial charge in [0.2, 0.25) is 0 Å². The SMILES string of the molecule is CCN1CCOC(CNc2ncnc(C)c2F)C1. The number of morpholine rings is 1. The van der Waals surface area contributed by atoms with Crippen molar-refractivity contribution in [3.8, 4) is 0 Å². The van der Waals surface area contributed by atoms with E-state index in [2.05, 4.69) is 27.1 Å². The summed E-state index contributed by atoms with van der Waals surface area (Å²) in [4.78, 5) is 10.0. The average molecular weight is 254 g/mol. The summed E-state index contributed by atoms with van der Waals surface area (Å²) in [6.07, 6.45) is 1.44. The van der Waals surface area contributed by atoms with Gasteiger partial charge in [-0.25, -0.2) is 14.4 Å². The Morgan fingerprint density at radius 3 is 3.17 bits per heavy atom. The molecule has 0 radical (unpaired) electrons. The predicted octanol–water partition coefficient (Wildman–Crippen LogP) is 1.06. The van der Waals surface area contributed by atoms with Crippen molar-refractivity contribution in [3.63, 3.8) is 0 Å². The van der Waals surface area contributed by atoms with E-state index in [1.807, 2.05) is 0 Å². The number of nitrogens with one attached hydrogen (secondary N) is 1. The molecular formula is C12H19FN4O. The van der Waals surface area contributed by atoms with Crippen LogP contribution in [0.3, 0.4) is 0 Å². The van der Waals surface area contributed by atoms with Crippen LogP contribution in [0.2, 0.25) is 0 Å². The standard InChI is InChI=1S/C12H19FN4O/c1-3-17-4-5-18-10(7-17)6-14-12-11(13)9(2)15-8-16-12/h8,10H,3-7H2,1-2H3,(H,14,15,16). The molecule has 0 saturated carbocycles. The summed E-state index contributed by atoms with van der Waals surface area (Å²) in [6, 6.07) is 0. The minimum Gasteiger partial charge on any atom is -0.374 e. The molecule has 0 aliphatic carbocycles. The van der Waals surface area contributed by atoms with Crippen molar-refractivity contribution in [1.29, 1.82) is 0 Å². The van der Waals surface area contributed by atoms with E-state index in [4.69, 9.17) is 4.74 Å². The molecule has 1 aromatic rings. The van der Waals surface area contributed by atoms with Crippen molar-refractivity contribution < 1.29 is 9.13 Å². The highest BCUT2D eigenvalue weighted by Gasteiger charge is 2.19. The Bertz CT molecular complexity index is 402. The highest BCUT2D eigenvalue weighted by molar-refractivity contribution is 5.36. The first-order valence-corrected chi connectivity index (χ1v) is 6.25. The summed E-state index contributed by atoms with van der Waals surface area (Å²) in [5.74, 6) is -0.139. The van der Waals surface area contributed by atoms with Crippen molar-refractivity contribution in [2.45, 2.75) is 20.0 Å². The van der Waals surface area contributed by atoms with Crippen LogP contribution in [0.25, 0.3) is 0 Å². The summed E-state index contributed by atoms with van der Waals surface area (Å²) < 4.78 is 19.3. The van der Waals surface area contributed by atoms with Crippen LogP contribution in [-0.2, 0) is 4.74 Å². The molecule has 2 heterocycles. The second-order valence-electron chi connectivity index (χ2n) is 4.39. The lowest BCUT2D eigenvalue weighted by atomic mass is 10.2. The molecule has 1 unspecified atom stereocenters. The Balaban J connectivity index is 1.89. The van der Waals surface area contributed by atoms with E-state index in [0.29, 0.717) is 12.2 Å². The zero-order chi connectivity index (χ0) is 13.0. The first-order chi connectivity index (χ1) is 8.70. The van der Waals surface area contributed by atoms with Crippen LogP contribution < -0.4 is 5.32 Å². The summed E-state index contributed by atoms with van der Waals surface area (Å²) in [6.45, 7) is 7.89. The highest BCUT2D eigenvalue weighted by atomic mass is 19.1. The monoisotopic (exact) mass is 254 g/mol. The van der Waals surface area contributed by atoms with Crippen molar-refractivity contribution >= 4 is 5.82 Å². The van der Waals surface area contributed by atoms with Gasteiger partial charge in [0, 0.05) is 19.6 Å². The molecule has 0 spiro atoms. The zero-order valence-corrected chi connectivity index (χ0v) is 10.8. The predicted molar refractivity (Wildman–Crippen MR) is 67.1 cm³/mol. The molecule has 1 N–H and O–H groups in total. The lowest BCUT2D eigenvalue weighted by Gasteiger charge is -2.32. The van der Waals surface area contributed by atoms with E-state index >= 15 is 0 Å². The Morgan fingerprint density at radius 1 is 1.56 bits per heavy atom. The molecule has 5 nitrogen and oxygen atoms in total. The van der Waals surface area contributed by atoms with Crippen LogP contribution >= 0.6 is 0 Å². The van der Waals surface area contributed by atoms with E-state index in [9.17, 15) is 4.39 Å². The van der Waals surface area contributed by atoms with Crippen LogP contribution in [0.1, 0.15) is 12.6 Å². The molecule has 0 aromatic carbocycles. The fraction of sp³-hybridized carbons (Fsp3) is 0.667. The number of hydrogen-bond acceptors (Lipinski definition) is 5. The molecule has 2 rings (SSSR count). The Hall–Kier alpha value is -1.27. The van der Waals surface area contributed by atoms with Gasteiger partial charge in [0.1, 0.15) is 6.33 Å². The number of hydrogen-bond donors (Lipinski definition) is 1. The molecule has 1 aromatic heterocycles. The van der Waals surface area contributed by atoms with Crippen LogP contribution in [0.15, 0.2) is 6.33 Å². The van der Waals surface area contributed by atoms with E-state index in [1.54, 1.807) is 6.92 Å². The van der Waals surface area contributed by atoms with Gasteiger partial charge in [-0.05, 0) is 13.5 Å². The molecule has 0 bridgehead atoms. The van der Waals surface area contributed by atoms with Gasteiger partial charge in [-0.1, -0.05) is 6.92 Å². The molecule has 1 aliphatic heterocycles. The van der Waals surface area contributed by atoms with E-state index in [0.717, 1.165) is 26.2 Å². The Morgan fingerprint density at radius 2 is 2.39 bits per heavy atom. The minimum absolute atomic E-state index is 0.0772. The largest absolute Gasteiger partial charge is 0.374 e. The highest BCUT2D eigenvalue weighted by Crippen LogP contribution is 2.12. The third-order valence-electron chi connectivity index (χ3n) is 3.13. The van der Waals surface area contributed by atoms with E-state index in [1.165, 1.54) is 6.33 Å². The van der Waals surface area contributed by atoms with Gasteiger partial charge in [0.05, 0.1) is 18.4 Å². The first kappa shape index (κ1) is 13.2. The number of aromatic nitrogens is 2. The lowest BCUT2D eigenvalue weighted by molar-refractivity contribution is -0.0192. The topological polar surface area (TPSA) is 50.3 Å².